The Morgan fingerprint density at radius 3 is 2.39 bits per heavy atom. The second-order valence-corrected chi connectivity index (χ2v) is 7.57. The van der Waals surface area contributed by atoms with E-state index in [1.807, 2.05) is 30.3 Å². The SMILES string of the molecule is COC[C@H]1O[C@H](OC)[C@@H]2O[C@]3(C=C[C@H](OCc4ccc(OC)cc4)CO3)O[C@H]2[C@@H]1OC. The van der Waals surface area contributed by atoms with Gasteiger partial charge in [-0.15, -0.1) is 0 Å². The summed E-state index contributed by atoms with van der Waals surface area (Å²) in [5, 5.41) is 0. The molecule has 4 rings (SSSR count). The normalized spacial score (nSPS) is 37.2. The minimum absolute atomic E-state index is 0.225. The van der Waals surface area contributed by atoms with Crippen LogP contribution < -0.4 is 4.74 Å². The lowest BCUT2D eigenvalue weighted by Gasteiger charge is -2.40. The first-order chi connectivity index (χ1) is 15.1. The van der Waals surface area contributed by atoms with Gasteiger partial charge in [-0.2, -0.15) is 0 Å². The van der Waals surface area contributed by atoms with Crippen molar-refractivity contribution in [2.75, 3.05) is 41.7 Å². The van der Waals surface area contributed by atoms with Gasteiger partial charge in [0.25, 0.3) is 0 Å². The number of ether oxygens (including phenoxy) is 9. The molecule has 0 bridgehead atoms. The van der Waals surface area contributed by atoms with Crippen LogP contribution in [0.15, 0.2) is 36.4 Å². The fraction of sp³-hybridized carbons (Fsp3) is 0.636. The predicted molar refractivity (Wildman–Crippen MR) is 107 cm³/mol. The lowest BCUT2D eigenvalue weighted by molar-refractivity contribution is -0.327. The Morgan fingerprint density at radius 1 is 1.00 bits per heavy atom. The van der Waals surface area contributed by atoms with Crippen LogP contribution in [0, 0.1) is 0 Å². The highest BCUT2D eigenvalue weighted by atomic mass is 16.9. The maximum Gasteiger partial charge on any atom is 0.305 e. The molecule has 3 heterocycles. The summed E-state index contributed by atoms with van der Waals surface area (Å²) in [7, 11) is 6.42. The summed E-state index contributed by atoms with van der Waals surface area (Å²) in [4.78, 5) is 0. The van der Waals surface area contributed by atoms with Gasteiger partial charge in [-0.3, -0.25) is 0 Å². The molecule has 1 aromatic carbocycles. The second kappa shape index (κ2) is 9.93. The van der Waals surface area contributed by atoms with Gasteiger partial charge in [0, 0.05) is 27.4 Å². The minimum Gasteiger partial charge on any atom is -0.497 e. The molecule has 9 nitrogen and oxygen atoms in total. The molecule has 9 heteroatoms. The first kappa shape index (κ1) is 22.6. The Bertz CT molecular complexity index is 739. The van der Waals surface area contributed by atoms with E-state index in [1.54, 1.807) is 34.5 Å². The van der Waals surface area contributed by atoms with Gasteiger partial charge in [0.1, 0.15) is 30.2 Å². The Balaban J connectivity index is 1.39. The summed E-state index contributed by atoms with van der Waals surface area (Å²) in [6.07, 6.45) is 1.08. The lowest BCUT2D eigenvalue weighted by atomic mass is 9.99. The number of hydrogen-bond donors (Lipinski definition) is 0. The summed E-state index contributed by atoms with van der Waals surface area (Å²) in [6, 6.07) is 7.74. The van der Waals surface area contributed by atoms with E-state index in [4.69, 9.17) is 42.6 Å². The van der Waals surface area contributed by atoms with Gasteiger partial charge in [0.05, 0.1) is 33.0 Å². The van der Waals surface area contributed by atoms with E-state index >= 15 is 0 Å². The first-order valence-electron chi connectivity index (χ1n) is 10.2. The molecule has 1 aromatic rings. The highest BCUT2D eigenvalue weighted by Crippen LogP contribution is 2.41. The van der Waals surface area contributed by atoms with Crippen molar-refractivity contribution < 1.29 is 42.6 Å². The number of benzene rings is 1. The number of rotatable bonds is 8. The van der Waals surface area contributed by atoms with Crippen molar-refractivity contribution in [1.82, 2.24) is 0 Å². The van der Waals surface area contributed by atoms with Crippen LogP contribution in [0.3, 0.4) is 0 Å². The van der Waals surface area contributed by atoms with Crippen molar-refractivity contribution in [1.29, 1.82) is 0 Å². The predicted octanol–water partition coefficient (Wildman–Crippen LogP) is 1.64. The number of methoxy groups -OCH3 is 4. The standard InChI is InChI=1S/C22H30O9/c1-23-13-17-18(25-3)19-20(21(26-4)29-17)31-22(30-19)10-9-16(12-28-22)27-11-14-5-7-15(24-2)8-6-14/h5-10,16-21H,11-13H2,1-4H3/t16-,17+,18+,19-,20+,21-,22-/m0/s1. The van der Waals surface area contributed by atoms with Crippen LogP contribution in [0.25, 0.3) is 0 Å². The van der Waals surface area contributed by atoms with Crippen LogP contribution in [0.4, 0.5) is 0 Å². The summed E-state index contributed by atoms with van der Waals surface area (Å²) < 4.78 is 51.7. The molecule has 0 radical (unpaired) electrons. The molecule has 2 saturated heterocycles. The molecule has 0 N–H and O–H groups in total. The van der Waals surface area contributed by atoms with Crippen LogP contribution in [0.2, 0.25) is 0 Å². The summed E-state index contributed by atoms with van der Waals surface area (Å²) in [5.74, 6) is -0.516. The molecule has 172 valence electrons. The quantitative estimate of drug-likeness (QED) is 0.563. The van der Waals surface area contributed by atoms with Gasteiger partial charge < -0.3 is 42.6 Å². The highest BCUT2D eigenvalue weighted by molar-refractivity contribution is 5.26. The summed E-state index contributed by atoms with van der Waals surface area (Å²) in [6.45, 7) is 1.08. The fourth-order valence-electron chi connectivity index (χ4n) is 4.02. The third-order valence-corrected chi connectivity index (χ3v) is 5.61. The van der Waals surface area contributed by atoms with E-state index in [0.29, 0.717) is 13.2 Å². The van der Waals surface area contributed by atoms with Crippen LogP contribution in [0.1, 0.15) is 5.56 Å². The average molecular weight is 438 g/mol. The van der Waals surface area contributed by atoms with Gasteiger partial charge in [0.15, 0.2) is 6.29 Å². The monoisotopic (exact) mass is 438 g/mol. The third kappa shape index (κ3) is 4.79. The molecule has 0 aliphatic carbocycles. The molecule has 3 aliphatic heterocycles. The number of hydrogen-bond acceptors (Lipinski definition) is 9. The van der Waals surface area contributed by atoms with Gasteiger partial charge >= 0.3 is 5.97 Å². The molecule has 0 saturated carbocycles. The molecular weight excluding hydrogens is 408 g/mol. The Morgan fingerprint density at radius 2 is 1.77 bits per heavy atom. The molecule has 31 heavy (non-hydrogen) atoms. The zero-order valence-electron chi connectivity index (χ0n) is 18.2. The molecule has 2 fully saturated rings. The van der Waals surface area contributed by atoms with Crippen LogP contribution in [-0.2, 0) is 44.5 Å². The van der Waals surface area contributed by atoms with E-state index in [2.05, 4.69) is 0 Å². The number of fused-ring (bicyclic) bond motifs is 1. The molecule has 0 aromatic heterocycles. The smallest absolute Gasteiger partial charge is 0.305 e. The van der Waals surface area contributed by atoms with Crippen molar-refractivity contribution in [2.45, 2.75) is 49.4 Å². The van der Waals surface area contributed by atoms with E-state index in [9.17, 15) is 0 Å². The first-order valence-corrected chi connectivity index (χ1v) is 10.2. The van der Waals surface area contributed by atoms with E-state index < -0.39 is 30.6 Å². The van der Waals surface area contributed by atoms with Crippen LogP contribution >= 0.6 is 0 Å². The Hall–Kier alpha value is -1.56. The van der Waals surface area contributed by atoms with Crippen molar-refractivity contribution >= 4 is 0 Å². The van der Waals surface area contributed by atoms with Crippen molar-refractivity contribution in [2.24, 2.45) is 0 Å². The zero-order valence-corrected chi connectivity index (χ0v) is 18.2. The molecular formula is C22H30O9. The summed E-state index contributed by atoms with van der Waals surface area (Å²) in [5.41, 5.74) is 1.04. The van der Waals surface area contributed by atoms with Crippen molar-refractivity contribution in [3.05, 3.63) is 42.0 Å². The minimum atomic E-state index is -1.33. The molecule has 1 spiro atoms. The zero-order chi connectivity index (χ0) is 21.8. The van der Waals surface area contributed by atoms with Crippen molar-refractivity contribution in [3.8, 4) is 5.75 Å². The van der Waals surface area contributed by atoms with E-state index in [-0.39, 0.29) is 18.8 Å². The second-order valence-electron chi connectivity index (χ2n) is 7.57. The van der Waals surface area contributed by atoms with Gasteiger partial charge in [0.2, 0.25) is 0 Å². The Kier molecular flexibility index (Phi) is 7.25. The molecule has 7 atom stereocenters. The maximum absolute atomic E-state index is 6.20. The Labute approximate surface area is 182 Å². The molecule has 3 aliphatic rings. The topological polar surface area (TPSA) is 83.1 Å². The summed E-state index contributed by atoms with van der Waals surface area (Å²) >= 11 is 0. The molecule has 0 unspecified atom stereocenters. The molecule has 0 amide bonds. The van der Waals surface area contributed by atoms with Gasteiger partial charge in [-0.05, 0) is 23.8 Å². The lowest BCUT2D eigenvalue weighted by Crippen LogP contribution is -2.58. The van der Waals surface area contributed by atoms with Crippen LogP contribution in [0.5, 0.6) is 5.75 Å². The largest absolute Gasteiger partial charge is 0.497 e. The van der Waals surface area contributed by atoms with Gasteiger partial charge in [-0.25, -0.2) is 0 Å². The van der Waals surface area contributed by atoms with Crippen molar-refractivity contribution in [3.63, 3.8) is 0 Å². The average Bonchev–Trinajstić information content (AvgIpc) is 3.17. The van der Waals surface area contributed by atoms with Gasteiger partial charge in [-0.1, -0.05) is 12.1 Å². The highest BCUT2D eigenvalue weighted by Gasteiger charge is 2.59. The fourth-order valence-corrected chi connectivity index (χ4v) is 4.02. The maximum atomic E-state index is 6.20. The van der Waals surface area contributed by atoms with Crippen LogP contribution in [-0.4, -0.2) is 84.4 Å². The van der Waals surface area contributed by atoms with E-state index in [1.165, 1.54) is 0 Å². The van der Waals surface area contributed by atoms with E-state index in [0.717, 1.165) is 11.3 Å². The third-order valence-electron chi connectivity index (χ3n) is 5.61.